The minimum absolute atomic E-state index is 0.0795. The topological polar surface area (TPSA) is 91.7 Å². The van der Waals surface area contributed by atoms with Gasteiger partial charge in [-0.2, -0.15) is 8.42 Å². The van der Waals surface area contributed by atoms with Gasteiger partial charge in [0.25, 0.3) is 10.0 Å². The van der Waals surface area contributed by atoms with E-state index in [2.05, 4.69) is 28.5 Å². The summed E-state index contributed by atoms with van der Waals surface area (Å²) in [6, 6.07) is 6.84. The number of aromatic nitrogens is 1. The summed E-state index contributed by atoms with van der Waals surface area (Å²) in [5, 5.41) is 5.49. The van der Waals surface area contributed by atoms with Gasteiger partial charge in [-0.1, -0.05) is 26.0 Å². The summed E-state index contributed by atoms with van der Waals surface area (Å²) in [4.78, 5) is 19.4. The predicted molar refractivity (Wildman–Crippen MR) is 109 cm³/mol. The number of benzene rings is 1. The molecule has 3 heterocycles. The second-order valence-electron chi connectivity index (χ2n) is 7.39. The molecule has 0 bridgehead atoms. The fourth-order valence-electron chi connectivity index (χ4n) is 3.52. The van der Waals surface area contributed by atoms with Crippen molar-refractivity contribution in [3.63, 3.8) is 0 Å². The number of amidine groups is 1. The Kier molecular flexibility index (Phi) is 4.96. The standard InChI is InChI=1S/C19H22N4O3S2/c1-12(2)15-11-27-19(20-15)21-18(24)13-6-5-9-23(10-13)17-14-7-3-4-8-16(14)28(25,26)22-17/h3-4,7-8,11-13H,5-6,9-10H2,1-2H3,(H,20,21,24). The van der Waals surface area contributed by atoms with Crippen LogP contribution in [-0.4, -0.2) is 43.1 Å². The fraction of sp³-hybridized carbons (Fsp3) is 0.421. The van der Waals surface area contributed by atoms with Gasteiger partial charge in [0.05, 0.1) is 11.6 Å². The second-order valence-corrected chi connectivity index (χ2v) is 9.82. The van der Waals surface area contributed by atoms with Gasteiger partial charge in [-0.25, -0.2) is 4.98 Å². The van der Waals surface area contributed by atoms with E-state index in [-0.39, 0.29) is 16.7 Å². The zero-order chi connectivity index (χ0) is 19.9. The highest BCUT2D eigenvalue weighted by molar-refractivity contribution is 7.90. The molecule has 1 fully saturated rings. The number of nitrogens with zero attached hydrogens (tertiary/aromatic N) is 3. The van der Waals surface area contributed by atoms with E-state index in [9.17, 15) is 13.2 Å². The number of amides is 1. The zero-order valence-electron chi connectivity index (χ0n) is 15.8. The Labute approximate surface area is 168 Å². The third-order valence-corrected chi connectivity index (χ3v) is 7.15. The number of thiazole rings is 1. The van der Waals surface area contributed by atoms with E-state index in [1.807, 2.05) is 10.3 Å². The van der Waals surface area contributed by atoms with Crippen LogP contribution >= 0.6 is 11.3 Å². The molecule has 1 saturated heterocycles. The van der Waals surface area contributed by atoms with Gasteiger partial charge in [0, 0.05) is 24.0 Å². The number of carbonyl (C=O) groups excluding carboxylic acids is 1. The average molecular weight is 419 g/mol. The number of carbonyl (C=O) groups is 1. The molecule has 1 N–H and O–H groups in total. The fourth-order valence-corrected chi connectivity index (χ4v) is 5.62. The van der Waals surface area contributed by atoms with Crippen LogP contribution < -0.4 is 5.32 Å². The molecular weight excluding hydrogens is 396 g/mol. The maximum atomic E-state index is 12.8. The molecule has 1 atom stereocenters. The lowest BCUT2D eigenvalue weighted by Crippen LogP contribution is -2.43. The van der Waals surface area contributed by atoms with Crippen molar-refractivity contribution in [1.29, 1.82) is 0 Å². The summed E-state index contributed by atoms with van der Waals surface area (Å²) in [5.74, 6) is 0.446. The van der Waals surface area contributed by atoms with Crippen LogP contribution in [0.5, 0.6) is 0 Å². The van der Waals surface area contributed by atoms with E-state index < -0.39 is 10.0 Å². The minimum Gasteiger partial charge on any atom is -0.355 e. The molecule has 9 heteroatoms. The Hall–Kier alpha value is -2.26. The molecule has 28 heavy (non-hydrogen) atoms. The van der Waals surface area contributed by atoms with Gasteiger partial charge in [-0.15, -0.1) is 15.7 Å². The van der Waals surface area contributed by atoms with Crippen LogP contribution in [0.3, 0.4) is 0 Å². The number of rotatable bonds is 3. The van der Waals surface area contributed by atoms with Crippen LogP contribution in [0.2, 0.25) is 0 Å². The summed E-state index contributed by atoms with van der Waals surface area (Å²) < 4.78 is 28.6. The van der Waals surface area contributed by atoms with E-state index in [1.54, 1.807) is 24.3 Å². The molecule has 1 aromatic heterocycles. The van der Waals surface area contributed by atoms with E-state index in [1.165, 1.54) is 11.3 Å². The Morgan fingerprint density at radius 1 is 1.32 bits per heavy atom. The number of anilines is 1. The zero-order valence-corrected chi connectivity index (χ0v) is 17.4. The van der Waals surface area contributed by atoms with Gasteiger partial charge < -0.3 is 10.2 Å². The first-order chi connectivity index (χ1) is 13.3. The van der Waals surface area contributed by atoms with Crippen LogP contribution in [0.15, 0.2) is 38.9 Å². The number of piperidine rings is 1. The second kappa shape index (κ2) is 7.29. The Morgan fingerprint density at radius 3 is 2.86 bits per heavy atom. The predicted octanol–water partition coefficient (Wildman–Crippen LogP) is 3.07. The molecule has 2 aliphatic rings. The van der Waals surface area contributed by atoms with Crippen LogP contribution in [0.1, 0.15) is 43.9 Å². The summed E-state index contributed by atoms with van der Waals surface area (Å²) >= 11 is 1.43. The van der Waals surface area contributed by atoms with Crippen molar-refractivity contribution in [2.45, 2.75) is 37.5 Å². The molecular formula is C19H22N4O3S2. The quantitative estimate of drug-likeness (QED) is 0.827. The van der Waals surface area contributed by atoms with Crippen molar-refractivity contribution in [2.75, 3.05) is 18.4 Å². The molecule has 0 saturated carbocycles. The molecule has 7 nitrogen and oxygen atoms in total. The SMILES string of the molecule is CC(C)c1csc(NC(=O)C2CCCN(C3=NS(=O)(=O)c4ccccc43)C2)n1. The highest BCUT2D eigenvalue weighted by atomic mass is 32.2. The summed E-state index contributed by atoms with van der Waals surface area (Å²) in [6.07, 6.45) is 1.56. The van der Waals surface area contributed by atoms with Crippen molar-refractivity contribution >= 4 is 38.2 Å². The van der Waals surface area contributed by atoms with Crippen LogP contribution in [-0.2, 0) is 14.8 Å². The lowest BCUT2D eigenvalue weighted by molar-refractivity contribution is -0.121. The third-order valence-electron chi connectivity index (χ3n) is 5.05. The molecule has 1 unspecified atom stereocenters. The molecule has 2 aromatic rings. The number of hydrogen-bond acceptors (Lipinski definition) is 6. The van der Waals surface area contributed by atoms with E-state index in [4.69, 9.17) is 0 Å². The molecule has 0 radical (unpaired) electrons. The van der Waals surface area contributed by atoms with Crippen molar-refractivity contribution < 1.29 is 13.2 Å². The number of nitrogens with one attached hydrogen (secondary N) is 1. The number of likely N-dealkylation sites (tertiary alicyclic amines) is 1. The van der Waals surface area contributed by atoms with Crippen LogP contribution in [0, 0.1) is 5.92 Å². The molecule has 0 aliphatic carbocycles. The Balaban J connectivity index is 1.50. The van der Waals surface area contributed by atoms with Gasteiger partial charge in [0.15, 0.2) is 11.0 Å². The Morgan fingerprint density at radius 2 is 2.11 bits per heavy atom. The van der Waals surface area contributed by atoms with Crippen LogP contribution in [0.4, 0.5) is 5.13 Å². The van der Waals surface area contributed by atoms with Gasteiger partial charge in [0.2, 0.25) is 5.91 Å². The molecule has 1 amide bonds. The van der Waals surface area contributed by atoms with Gasteiger partial charge >= 0.3 is 0 Å². The first kappa shape index (κ1) is 19.1. The third kappa shape index (κ3) is 3.56. The van der Waals surface area contributed by atoms with E-state index >= 15 is 0 Å². The normalized spacial score (nSPS) is 20.8. The van der Waals surface area contributed by atoms with Crippen LogP contribution in [0.25, 0.3) is 0 Å². The maximum absolute atomic E-state index is 12.8. The lowest BCUT2D eigenvalue weighted by atomic mass is 9.96. The van der Waals surface area contributed by atoms with Gasteiger partial charge in [-0.05, 0) is 30.9 Å². The summed E-state index contributed by atoms with van der Waals surface area (Å²) in [5.41, 5.74) is 1.58. The monoisotopic (exact) mass is 418 g/mol. The summed E-state index contributed by atoms with van der Waals surface area (Å²) in [7, 11) is -3.66. The summed E-state index contributed by atoms with van der Waals surface area (Å²) in [6.45, 7) is 5.25. The van der Waals surface area contributed by atoms with Crippen molar-refractivity contribution in [2.24, 2.45) is 10.3 Å². The highest BCUT2D eigenvalue weighted by Crippen LogP contribution is 2.30. The Bertz CT molecular complexity index is 1040. The first-order valence-electron chi connectivity index (χ1n) is 9.31. The van der Waals surface area contributed by atoms with Crippen molar-refractivity contribution in [1.82, 2.24) is 9.88 Å². The maximum Gasteiger partial charge on any atom is 0.285 e. The molecule has 2 aliphatic heterocycles. The highest BCUT2D eigenvalue weighted by Gasteiger charge is 2.35. The number of sulfonamides is 1. The van der Waals surface area contributed by atoms with Crippen molar-refractivity contribution in [3.8, 4) is 0 Å². The van der Waals surface area contributed by atoms with Gasteiger partial charge in [0.1, 0.15) is 4.90 Å². The van der Waals surface area contributed by atoms with Crippen molar-refractivity contribution in [3.05, 3.63) is 40.9 Å². The first-order valence-corrected chi connectivity index (χ1v) is 11.6. The molecule has 0 spiro atoms. The van der Waals surface area contributed by atoms with E-state index in [0.29, 0.717) is 35.5 Å². The molecule has 148 valence electrons. The smallest absolute Gasteiger partial charge is 0.285 e. The van der Waals surface area contributed by atoms with Gasteiger partial charge in [-0.3, -0.25) is 4.79 Å². The molecule has 4 rings (SSSR count). The van der Waals surface area contributed by atoms with E-state index in [0.717, 1.165) is 18.5 Å². The average Bonchev–Trinajstić information content (AvgIpc) is 3.25. The number of hydrogen-bond donors (Lipinski definition) is 1. The lowest BCUT2D eigenvalue weighted by Gasteiger charge is -2.33. The molecule has 1 aromatic carbocycles. The largest absolute Gasteiger partial charge is 0.355 e. The number of fused-ring (bicyclic) bond motifs is 1. The minimum atomic E-state index is -3.66.